The summed E-state index contributed by atoms with van der Waals surface area (Å²) >= 11 is 1.36. The van der Waals surface area contributed by atoms with Crippen molar-refractivity contribution in [2.45, 2.75) is 17.3 Å². The van der Waals surface area contributed by atoms with Crippen LogP contribution in [-0.2, 0) is 9.53 Å². The Balaban J connectivity index is 2.18. The van der Waals surface area contributed by atoms with E-state index >= 15 is 0 Å². The second kappa shape index (κ2) is 4.57. The average Bonchev–Trinajstić information content (AvgIpc) is 2.69. The topological polar surface area (TPSA) is 55.0 Å². The maximum absolute atomic E-state index is 11.2. The number of thioether (sulfide) groups is 1. The molecular weight excluding hydrogens is 224 g/mol. The first-order chi connectivity index (χ1) is 7.70. The van der Waals surface area contributed by atoms with E-state index in [1.807, 2.05) is 24.3 Å². The van der Waals surface area contributed by atoms with Crippen molar-refractivity contribution in [1.82, 2.24) is 9.97 Å². The van der Waals surface area contributed by atoms with Gasteiger partial charge < -0.3 is 9.72 Å². The quantitative estimate of drug-likeness (QED) is 0.655. The molecule has 0 aliphatic carbocycles. The fourth-order valence-corrected chi connectivity index (χ4v) is 2.21. The molecule has 0 fully saturated rings. The Labute approximate surface area is 97.4 Å². The van der Waals surface area contributed by atoms with Gasteiger partial charge in [0, 0.05) is 0 Å². The summed E-state index contributed by atoms with van der Waals surface area (Å²) in [4.78, 5) is 18.8. The summed E-state index contributed by atoms with van der Waals surface area (Å²) in [6, 6.07) is 7.76. The number of carbonyl (C=O) groups excluding carboxylic acids is 1. The van der Waals surface area contributed by atoms with Crippen LogP contribution in [0.3, 0.4) is 0 Å². The number of aromatic nitrogens is 2. The third-order valence-electron chi connectivity index (χ3n) is 2.19. The molecule has 0 aliphatic rings. The van der Waals surface area contributed by atoms with E-state index < -0.39 is 0 Å². The lowest BCUT2D eigenvalue weighted by atomic mass is 10.3. The standard InChI is InChI=1S/C11H12N2O2S/c1-7(10(14)15-2)16-11-12-8-5-3-4-6-9(8)13-11/h3-7H,1-2H3,(H,12,13)/t7-/m0/s1. The van der Waals surface area contributed by atoms with E-state index in [9.17, 15) is 4.79 Å². The van der Waals surface area contributed by atoms with Crippen LogP contribution < -0.4 is 0 Å². The number of nitrogens with one attached hydrogen (secondary N) is 1. The number of carbonyl (C=O) groups is 1. The predicted octanol–water partition coefficient (Wildman–Crippen LogP) is 2.22. The van der Waals surface area contributed by atoms with Crippen LogP contribution in [0.1, 0.15) is 6.92 Å². The molecule has 0 bridgehead atoms. The number of rotatable bonds is 3. The Hall–Kier alpha value is -1.49. The predicted molar refractivity (Wildman–Crippen MR) is 63.4 cm³/mol. The van der Waals surface area contributed by atoms with Gasteiger partial charge in [0.1, 0.15) is 5.25 Å². The molecule has 0 saturated heterocycles. The Morgan fingerprint density at radius 3 is 2.94 bits per heavy atom. The average molecular weight is 236 g/mol. The molecule has 2 rings (SSSR count). The molecule has 1 heterocycles. The van der Waals surface area contributed by atoms with E-state index in [1.165, 1.54) is 18.9 Å². The summed E-state index contributed by atoms with van der Waals surface area (Å²) in [5.41, 5.74) is 1.88. The van der Waals surface area contributed by atoms with Crippen molar-refractivity contribution < 1.29 is 9.53 Å². The van der Waals surface area contributed by atoms with E-state index in [2.05, 4.69) is 14.7 Å². The molecule has 1 aromatic carbocycles. The molecule has 5 heteroatoms. The minimum atomic E-state index is -0.259. The molecule has 1 aromatic heterocycles. The first-order valence-electron chi connectivity index (χ1n) is 4.90. The number of hydrogen-bond acceptors (Lipinski definition) is 4. The lowest BCUT2D eigenvalue weighted by Gasteiger charge is -2.05. The Morgan fingerprint density at radius 2 is 2.25 bits per heavy atom. The number of imidazole rings is 1. The zero-order chi connectivity index (χ0) is 11.5. The highest BCUT2D eigenvalue weighted by Gasteiger charge is 2.16. The third kappa shape index (κ3) is 2.19. The first-order valence-corrected chi connectivity index (χ1v) is 5.78. The molecule has 0 aliphatic heterocycles. The molecule has 1 N–H and O–H groups in total. The number of H-pyrrole nitrogens is 1. The van der Waals surface area contributed by atoms with Crippen LogP contribution >= 0.6 is 11.8 Å². The molecule has 0 amide bonds. The van der Waals surface area contributed by atoms with Crippen molar-refractivity contribution in [2.24, 2.45) is 0 Å². The molecule has 4 nitrogen and oxygen atoms in total. The number of benzene rings is 1. The number of esters is 1. The van der Waals surface area contributed by atoms with Gasteiger partial charge in [-0.05, 0) is 19.1 Å². The van der Waals surface area contributed by atoms with Crippen molar-refractivity contribution >= 4 is 28.8 Å². The van der Waals surface area contributed by atoms with Gasteiger partial charge in [-0.2, -0.15) is 0 Å². The van der Waals surface area contributed by atoms with Crippen LogP contribution in [0, 0.1) is 0 Å². The fraction of sp³-hybridized carbons (Fsp3) is 0.273. The van der Waals surface area contributed by atoms with Crippen molar-refractivity contribution in [2.75, 3.05) is 7.11 Å². The van der Waals surface area contributed by atoms with Crippen LogP contribution in [-0.4, -0.2) is 28.3 Å². The molecule has 0 radical (unpaired) electrons. The maximum Gasteiger partial charge on any atom is 0.318 e. The molecule has 0 saturated carbocycles. The molecule has 84 valence electrons. The largest absolute Gasteiger partial charge is 0.468 e. The van der Waals surface area contributed by atoms with Gasteiger partial charge in [0.15, 0.2) is 5.16 Å². The summed E-state index contributed by atoms with van der Waals surface area (Å²) in [5, 5.41) is 0.477. The second-order valence-corrected chi connectivity index (χ2v) is 4.67. The van der Waals surface area contributed by atoms with Gasteiger partial charge in [0.05, 0.1) is 18.1 Å². The SMILES string of the molecule is COC(=O)[C@H](C)Sc1nc2ccccc2[nH]1. The van der Waals surface area contributed by atoms with Gasteiger partial charge >= 0.3 is 5.97 Å². The second-order valence-electron chi connectivity index (χ2n) is 3.34. The van der Waals surface area contributed by atoms with Crippen molar-refractivity contribution in [3.05, 3.63) is 24.3 Å². The number of ether oxygens (including phenoxy) is 1. The van der Waals surface area contributed by atoms with Crippen LogP contribution in [0.4, 0.5) is 0 Å². The lowest BCUT2D eigenvalue weighted by molar-refractivity contribution is -0.139. The smallest absolute Gasteiger partial charge is 0.318 e. The molecule has 1 atom stereocenters. The zero-order valence-corrected chi connectivity index (χ0v) is 9.88. The Bertz CT molecular complexity index is 476. The van der Waals surface area contributed by atoms with E-state index in [1.54, 1.807) is 6.92 Å². The highest BCUT2D eigenvalue weighted by atomic mass is 32.2. The fourth-order valence-electron chi connectivity index (χ4n) is 1.37. The summed E-state index contributed by atoms with van der Waals surface area (Å²) in [7, 11) is 1.39. The van der Waals surface area contributed by atoms with Crippen molar-refractivity contribution in [3.63, 3.8) is 0 Å². The normalized spacial score (nSPS) is 12.6. The van der Waals surface area contributed by atoms with Gasteiger partial charge in [0.25, 0.3) is 0 Å². The monoisotopic (exact) mass is 236 g/mol. The molecule has 16 heavy (non-hydrogen) atoms. The molecule has 0 spiro atoms. The van der Waals surface area contributed by atoms with Crippen LogP contribution in [0.2, 0.25) is 0 Å². The number of hydrogen-bond donors (Lipinski definition) is 1. The highest BCUT2D eigenvalue weighted by Crippen LogP contribution is 2.23. The van der Waals surface area contributed by atoms with Crippen molar-refractivity contribution in [3.8, 4) is 0 Å². The highest BCUT2D eigenvalue weighted by molar-refractivity contribution is 8.00. The van der Waals surface area contributed by atoms with Crippen LogP contribution in [0.25, 0.3) is 11.0 Å². The first kappa shape index (κ1) is 11.0. The Morgan fingerprint density at radius 1 is 1.50 bits per heavy atom. The Kier molecular flexibility index (Phi) is 3.14. The van der Waals surface area contributed by atoms with E-state index in [0.717, 1.165) is 16.2 Å². The molecular formula is C11H12N2O2S. The van der Waals surface area contributed by atoms with Crippen molar-refractivity contribution in [1.29, 1.82) is 0 Å². The number of fused-ring (bicyclic) bond motifs is 1. The van der Waals surface area contributed by atoms with Crippen LogP contribution in [0.5, 0.6) is 0 Å². The summed E-state index contributed by atoms with van der Waals surface area (Å²) in [5.74, 6) is -0.245. The van der Waals surface area contributed by atoms with Gasteiger partial charge in [0.2, 0.25) is 0 Å². The third-order valence-corrected chi connectivity index (χ3v) is 3.15. The minimum Gasteiger partial charge on any atom is -0.468 e. The number of methoxy groups -OCH3 is 1. The number of aromatic amines is 1. The lowest BCUT2D eigenvalue weighted by Crippen LogP contribution is -2.14. The van der Waals surface area contributed by atoms with E-state index in [4.69, 9.17) is 0 Å². The summed E-state index contributed by atoms with van der Waals surface area (Å²) in [6.07, 6.45) is 0. The molecule has 0 unspecified atom stereocenters. The van der Waals surface area contributed by atoms with Gasteiger partial charge in [-0.1, -0.05) is 23.9 Å². The maximum atomic E-state index is 11.2. The summed E-state index contributed by atoms with van der Waals surface area (Å²) < 4.78 is 4.66. The number of nitrogens with zero attached hydrogens (tertiary/aromatic N) is 1. The van der Waals surface area contributed by atoms with Gasteiger partial charge in [-0.3, -0.25) is 4.79 Å². The molecule has 2 aromatic rings. The number of para-hydroxylation sites is 2. The van der Waals surface area contributed by atoms with Gasteiger partial charge in [-0.15, -0.1) is 0 Å². The van der Waals surface area contributed by atoms with Gasteiger partial charge in [-0.25, -0.2) is 4.98 Å². The van der Waals surface area contributed by atoms with E-state index in [0.29, 0.717) is 0 Å². The summed E-state index contributed by atoms with van der Waals surface area (Å²) in [6.45, 7) is 1.80. The van der Waals surface area contributed by atoms with Crippen LogP contribution in [0.15, 0.2) is 29.4 Å². The zero-order valence-electron chi connectivity index (χ0n) is 9.06. The minimum absolute atomic E-state index is 0.245. The van der Waals surface area contributed by atoms with E-state index in [-0.39, 0.29) is 11.2 Å².